The number of rotatable bonds is 5. The zero-order valence-corrected chi connectivity index (χ0v) is 12.2. The maximum absolute atomic E-state index is 11.9. The number of nitrogens with one attached hydrogen (secondary N) is 1. The predicted octanol–water partition coefficient (Wildman–Crippen LogP) is -0.655. The van der Waals surface area contributed by atoms with E-state index in [1.54, 1.807) is 0 Å². The van der Waals surface area contributed by atoms with Crippen LogP contribution < -0.4 is 5.32 Å². The van der Waals surface area contributed by atoms with Crippen LogP contribution in [0.5, 0.6) is 0 Å². The van der Waals surface area contributed by atoms with Gasteiger partial charge in [-0.3, -0.25) is 9.59 Å². The Morgan fingerprint density at radius 1 is 1.19 bits per heavy atom. The third-order valence-corrected chi connectivity index (χ3v) is 4.26. The van der Waals surface area contributed by atoms with Gasteiger partial charge in [-0.25, -0.2) is 0 Å². The van der Waals surface area contributed by atoms with Crippen LogP contribution in [-0.4, -0.2) is 60.2 Å². The minimum atomic E-state index is -1.16. The molecule has 2 fully saturated rings. The highest BCUT2D eigenvalue weighted by Gasteiger charge is 2.43. The van der Waals surface area contributed by atoms with Crippen LogP contribution in [0.15, 0.2) is 0 Å². The molecule has 2 rings (SSSR count). The van der Waals surface area contributed by atoms with Crippen molar-refractivity contribution in [2.75, 3.05) is 13.7 Å². The topological polar surface area (TPSA) is 105 Å². The lowest BCUT2D eigenvalue weighted by Gasteiger charge is -2.17. The van der Waals surface area contributed by atoms with Gasteiger partial charge in [0.25, 0.3) is 0 Å². The van der Waals surface area contributed by atoms with Gasteiger partial charge in [0, 0.05) is 12.5 Å². The first-order chi connectivity index (χ1) is 10.0. The Kier molecular flexibility index (Phi) is 5.55. The van der Waals surface area contributed by atoms with E-state index < -0.39 is 30.4 Å². The summed E-state index contributed by atoms with van der Waals surface area (Å²) in [5.74, 6) is -0.504. The second-order valence-electron chi connectivity index (χ2n) is 5.70. The lowest BCUT2D eigenvalue weighted by molar-refractivity contribution is -0.145. The average Bonchev–Trinajstić information content (AvgIpc) is 3.09. The van der Waals surface area contributed by atoms with Gasteiger partial charge >= 0.3 is 5.97 Å². The highest BCUT2D eigenvalue weighted by Crippen LogP contribution is 2.26. The van der Waals surface area contributed by atoms with Gasteiger partial charge in [0.1, 0.15) is 18.3 Å². The van der Waals surface area contributed by atoms with Gasteiger partial charge in [-0.15, -0.1) is 0 Å². The molecule has 3 N–H and O–H groups in total. The molecule has 0 unspecified atom stereocenters. The van der Waals surface area contributed by atoms with E-state index in [2.05, 4.69) is 10.1 Å². The second-order valence-corrected chi connectivity index (χ2v) is 5.70. The van der Waals surface area contributed by atoms with Gasteiger partial charge in [0.2, 0.25) is 5.91 Å². The van der Waals surface area contributed by atoms with Crippen LogP contribution in [0.25, 0.3) is 0 Å². The number of carbonyl (C=O) groups is 2. The molecule has 1 aliphatic heterocycles. The summed E-state index contributed by atoms with van der Waals surface area (Å²) >= 11 is 0. The van der Waals surface area contributed by atoms with Crippen LogP contribution in [0.3, 0.4) is 0 Å². The number of ether oxygens (including phenoxy) is 2. The minimum Gasteiger partial charge on any atom is -0.469 e. The van der Waals surface area contributed by atoms with E-state index in [0.29, 0.717) is 0 Å². The van der Waals surface area contributed by atoms with Crippen LogP contribution in [0.1, 0.15) is 32.1 Å². The first-order valence-corrected chi connectivity index (χ1v) is 7.39. The number of carbonyl (C=O) groups excluding carboxylic acids is 2. The molecule has 0 aromatic rings. The van der Waals surface area contributed by atoms with Crippen molar-refractivity contribution in [2.24, 2.45) is 5.92 Å². The summed E-state index contributed by atoms with van der Waals surface area (Å²) in [6.07, 6.45) is 0.0195. The molecule has 0 aromatic carbocycles. The molecule has 0 aromatic heterocycles. The summed E-state index contributed by atoms with van der Waals surface area (Å²) in [7, 11) is 1.25. The summed E-state index contributed by atoms with van der Waals surface area (Å²) in [6, 6.07) is 0. The van der Waals surface area contributed by atoms with E-state index in [9.17, 15) is 19.8 Å². The van der Waals surface area contributed by atoms with Crippen molar-refractivity contribution in [2.45, 2.75) is 56.5 Å². The van der Waals surface area contributed by atoms with E-state index in [4.69, 9.17) is 4.74 Å². The van der Waals surface area contributed by atoms with Crippen molar-refractivity contribution in [3.63, 3.8) is 0 Å². The fraction of sp³-hybridized carbons (Fsp3) is 0.857. The average molecular weight is 301 g/mol. The molecule has 1 heterocycles. The van der Waals surface area contributed by atoms with Gasteiger partial charge < -0.3 is 25.0 Å². The Labute approximate surface area is 123 Å². The number of amides is 1. The highest BCUT2D eigenvalue weighted by molar-refractivity contribution is 5.78. The molecule has 120 valence electrons. The number of methoxy groups -OCH3 is 1. The largest absolute Gasteiger partial charge is 0.469 e. The molecule has 21 heavy (non-hydrogen) atoms. The Morgan fingerprint density at radius 3 is 2.43 bits per heavy atom. The van der Waals surface area contributed by atoms with Crippen molar-refractivity contribution in [1.29, 1.82) is 0 Å². The second kappa shape index (κ2) is 7.20. The number of esters is 1. The van der Waals surface area contributed by atoms with Crippen molar-refractivity contribution in [1.82, 2.24) is 5.32 Å². The number of aliphatic hydroxyl groups is 2. The molecule has 1 amide bonds. The molecule has 0 bridgehead atoms. The summed E-state index contributed by atoms with van der Waals surface area (Å²) in [5.41, 5.74) is 0. The maximum atomic E-state index is 11.9. The Morgan fingerprint density at radius 2 is 1.81 bits per heavy atom. The smallest absolute Gasteiger partial charge is 0.308 e. The van der Waals surface area contributed by atoms with Crippen LogP contribution >= 0.6 is 0 Å². The first kappa shape index (κ1) is 16.2. The van der Waals surface area contributed by atoms with Crippen LogP contribution in [0, 0.1) is 5.92 Å². The fourth-order valence-electron chi connectivity index (χ4n) is 2.94. The molecule has 4 atom stereocenters. The lowest BCUT2D eigenvalue weighted by atomic mass is 10.0. The molecule has 1 saturated heterocycles. The number of hydrogen-bond donors (Lipinski definition) is 3. The number of hydrogen-bond acceptors (Lipinski definition) is 6. The minimum absolute atomic E-state index is 0.0331. The van der Waals surface area contributed by atoms with E-state index >= 15 is 0 Å². The van der Waals surface area contributed by atoms with Crippen LogP contribution in [-0.2, 0) is 19.1 Å². The summed E-state index contributed by atoms with van der Waals surface area (Å²) < 4.78 is 9.97. The number of aliphatic hydroxyl groups excluding tert-OH is 2. The molecular weight excluding hydrogens is 278 g/mol. The summed E-state index contributed by atoms with van der Waals surface area (Å²) in [5, 5.41) is 22.5. The molecule has 0 spiro atoms. The van der Waals surface area contributed by atoms with Crippen molar-refractivity contribution >= 4 is 11.9 Å². The standard InChI is InChI=1S/C14H23NO6/c1-20-11(16)6-9-12(17)13(18)10(21-9)7-15-14(19)8-4-2-3-5-8/h8-10,12-13,17-18H,2-7H2,1H3,(H,15,19)/t9-,10+,12-,13+/m0/s1. The van der Waals surface area contributed by atoms with Gasteiger partial charge in [0.15, 0.2) is 0 Å². The zero-order chi connectivity index (χ0) is 15.4. The molecule has 7 heteroatoms. The molecule has 1 aliphatic carbocycles. The molecule has 2 aliphatic rings. The molecule has 0 radical (unpaired) electrons. The van der Waals surface area contributed by atoms with Crippen molar-refractivity contribution in [3.05, 3.63) is 0 Å². The van der Waals surface area contributed by atoms with Crippen molar-refractivity contribution in [3.8, 4) is 0 Å². The summed E-state index contributed by atoms with van der Waals surface area (Å²) in [4.78, 5) is 23.1. The van der Waals surface area contributed by atoms with E-state index in [-0.39, 0.29) is 24.8 Å². The Balaban J connectivity index is 1.80. The lowest BCUT2D eigenvalue weighted by Crippen LogP contribution is -2.41. The first-order valence-electron chi connectivity index (χ1n) is 7.39. The van der Waals surface area contributed by atoms with Gasteiger partial charge in [-0.2, -0.15) is 0 Å². The molecule has 1 saturated carbocycles. The Bertz CT molecular complexity index is 382. The third kappa shape index (κ3) is 3.93. The Hall–Kier alpha value is -1.18. The van der Waals surface area contributed by atoms with Crippen LogP contribution in [0.2, 0.25) is 0 Å². The zero-order valence-electron chi connectivity index (χ0n) is 12.2. The van der Waals surface area contributed by atoms with Gasteiger partial charge in [-0.05, 0) is 12.8 Å². The van der Waals surface area contributed by atoms with E-state index in [0.717, 1.165) is 25.7 Å². The van der Waals surface area contributed by atoms with Crippen LogP contribution in [0.4, 0.5) is 0 Å². The van der Waals surface area contributed by atoms with Gasteiger partial charge in [0.05, 0.1) is 19.6 Å². The van der Waals surface area contributed by atoms with Gasteiger partial charge in [-0.1, -0.05) is 12.8 Å². The fourth-order valence-corrected chi connectivity index (χ4v) is 2.94. The molecule has 7 nitrogen and oxygen atoms in total. The molecular formula is C14H23NO6. The summed E-state index contributed by atoms with van der Waals surface area (Å²) in [6.45, 7) is 0.130. The normalized spacial score (nSPS) is 33.1. The van der Waals surface area contributed by atoms with E-state index in [1.165, 1.54) is 7.11 Å². The third-order valence-electron chi connectivity index (χ3n) is 4.26. The predicted molar refractivity (Wildman–Crippen MR) is 72.3 cm³/mol. The SMILES string of the molecule is COC(=O)C[C@@H]1O[C@H](CNC(=O)C2CCCC2)[C@@H](O)[C@H]1O. The monoisotopic (exact) mass is 301 g/mol. The highest BCUT2D eigenvalue weighted by atomic mass is 16.6. The maximum Gasteiger partial charge on any atom is 0.308 e. The van der Waals surface area contributed by atoms with E-state index in [1.807, 2.05) is 0 Å². The van der Waals surface area contributed by atoms with Crippen molar-refractivity contribution < 1.29 is 29.3 Å². The quantitative estimate of drug-likeness (QED) is 0.583.